The van der Waals surface area contributed by atoms with Gasteiger partial charge in [0.15, 0.2) is 5.82 Å². The van der Waals surface area contributed by atoms with Gasteiger partial charge in [0, 0.05) is 5.92 Å². The highest BCUT2D eigenvalue weighted by Gasteiger charge is 2.50. The van der Waals surface area contributed by atoms with E-state index < -0.39 is 0 Å². The predicted octanol–water partition coefficient (Wildman–Crippen LogP) is 1.20. The van der Waals surface area contributed by atoms with Gasteiger partial charge in [-0.2, -0.15) is 0 Å². The van der Waals surface area contributed by atoms with E-state index in [0.29, 0.717) is 29.3 Å². The minimum atomic E-state index is -0.134. The second-order valence-corrected chi connectivity index (χ2v) is 6.76. The summed E-state index contributed by atoms with van der Waals surface area (Å²) in [6.45, 7) is 1.72. The Morgan fingerprint density at radius 1 is 1.05 bits per heavy atom. The summed E-state index contributed by atoms with van der Waals surface area (Å²) in [5.41, 5.74) is 0.492. The predicted molar refractivity (Wildman–Crippen MR) is 71.0 cm³/mol. The molecular formula is C14H20N4O. The van der Waals surface area contributed by atoms with Crippen LogP contribution in [-0.2, 0) is 0 Å². The minimum absolute atomic E-state index is 0.134. The fraction of sp³-hybridized carbons (Fsp3) is 0.786. The minimum Gasteiger partial charge on any atom is -0.335 e. The maximum Gasteiger partial charge on any atom is 0.294 e. The van der Waals surface area contributed by atoms with Crippen LogP contribution in [-0.4, -0.2) is 14.9 Å². The first-order chi connectivity index (χ1) is 9.13. The van der Waals surface area contributed by atoms with Gasteiger partial charge in [-0.1, -0.05) is 0 Å². The maximum atomic E-state index is 12.3. The van der Waals surface area contributed by atoms with Crippen molar-refractivity contribution in [3.8, 4) is 0 Å². The molecule has 4 aliphatic rings. The average molecular weight is 260 g/mol. The topological polar surface area (TPSA) is 73.8 Å². The van der Waals surface area contributed by atoms with E-state index in [2.05, 4.69) is 10.2 Å². The van der Waals surface area contributed by atoms with Crippen LogP contribution >= 0.6 is 0 Å². The molecule has 102 valence electrons. The third-order valence-electron chi connectivity index (χ3n) is 5.63. The molecule has 19 heavy (non-hydrogen) atoms. The summed E-state index contributed by atoms with van der Waals surface area (Å²) in [4.78, 5) is 12.3. The van der Waals surface area contributed by atoms with Crippen LogP contribution in [0.15, 0.2) is 4.79 Å². The van der Waals surface area contributed by atoms with Crippen LogP contribution in [0.4, 0.5) is 0 Å². The zero-order chi connectivity index (χ0) is 13.1. The quantitative estimate of drug-likeness (QED) is 0.770. The monoisotopic (exact) mass is 260 g/mol. The van der Waals surface area contributed by atoms with Crippen molar-refractivity contribution in [2.75, 3.05) is 5.84 Å². The van der Waals surface area contributed by atoms with Gasteiger partial charge in [0.2, 0.25) is 0 Å². The second kappa shape index (κ2) is 3.81. The number of rotatable bonds is 1. The van der Waals surface area contributed by atoms with Crippen molar-refractivity contribution in [2.24, 2.45) is 23.7 Å². The Hall–Kier alpha value is -1.39. The van der Waals surface area contributed by atoms with Crippen LogP contribution < -0.4 is 11.4 Å². The van der Waals surface area contributed by atoms with E-state index in [0.717, 1.165) is 16.5 Å². The van der Waals surface area contributed by atoms with E-state index in [4.69, 9.17) is 5.84 Å². The molecule has 0 atom stereocenters. The van der Waals surface area contributed by atoms with Gasteiger partial charge >= 0.3 is 0 Å². The highest BCUT2D eigenvalue weighted by atomic mass is 16.1. The molecule has 0 spiro atoms. The third kappa shape index (κ3) is 1.56. The Morgan fingerprint density at radius 2 is 1.63 bits per heavy atom. The summed E-state index contributed by atoms with van der Waals surface area (Å²) >= 11 is 0. The van der Waals surface area contributed by atoms with Gasteiger partial charge in [0.1, 0.15) is 5.69 Å². The molecule has 0 aromatic carbocycles. The fourth-order valence-electron chi connectivity index (χ4n) is 5.07. The smallest absolute Gasteiger partial charge is 0.294 e. The zero-order valence-corrected chi connectivity index (χ0v) is 11.2. The van der Waals surface area contributed by atoms with Gasteiger partial charge in [-0.05, 0) is 62.7 Å². The van der Waals surface area contributed by atoms with Gasteiger partial charge < -0.3 is 5.84 Å². The molecule has 0 radical (unpaired) electrons. The largest absolute Gasteiger partial charge is 0.335 e. The van der Waals surface area contributed by atoms with Crippen molar-refractivity contribution in [1.29, 1.82) is 0 Å². The summed E-state index contributed by atoms with van der Waals surface area (Å²) in [6, 6.07) is 0. The highest BCUT2D eigenvalue weighted by molar-refractivity contribution is 5.14. The molecule has 0 amide bonds. The standard InChI is InChI=1S/C14H20N4O/c1-7-16-17-13(14(19)18(7)15)12-10-3-8-2-9(5-10)6-11(12)4-8/h8-12H,2-6,15H2,1H3. The number of hydrogen-bond donors (Lipinski definition) is 1. The van der Waals surface area contributed by atoms with Crippen LogP contribution in [0.25, 0.3) is 0 Å². The lowest BCUT2D eigenvalue weighted by molar-refractivity contribution is -0.00511. The van der Waals surface area contributed by atoms with E-state index in [1.54, 1.807) is 6.92 Å². The van der Waals surface area contributed by atoms with E-state index in [-0.39, 0.29) is 5.56 Å². The van der Waals surface area contributed by atoms with Crippen LogP contribution in [0.2, 0.25) is 0 Å². The van der Waals surface area contributed by atoms with Crippen molar-refractivity contribution in [3.63, 3.8) is 0 Å². The molecule has 0 aliphatic heterocycles. The average Bonchev–Trinajstić information content (AvgIpc) is 2.37. The summed E-state index contributed by atoms with van der Waals surface area (Å²) in [5.74, 6) is 9.65. The van der Waals surface area contributed by atoms with Crippen molar-refractivity contribution in [3.05, 3.63) is 21.9 Å². The summed E-state index contributed by atoms with van der Waals surface area (Å²) in [6.07, 6.45) is 6.52. The Labute approximate surface area is 112 Å². The van der Waals surface area contributed by atoms with Gasteiger partial charge in [-0.15, -0.1) is 10.2 Å². The lowest BCUT2D eigenvalue weighted by Crippen LogP contribution is -2.47. The number of aromatic nitrogens is 3. The molecule has 4 bridgehead atoms. The lowest BCUT2D eigenvalue weighted by Gasteiger charge is -2.53. The molecule has 5 rings (SSSR count). The van der Waals surface area contributed by atoms with Crippen LogP contribution in [0.1, 0.15) is 49.5 Å². The van der Waals surface area contributed by atoms with E-state index in [9.17, 15) is 4.79 Å². The normalized spacial score (nSPS) is 39.7. The zero-order valence-electron chi connectivity index (χ0n) is 11.2. The first-order valence-electron chi connectivity index (χ1n) is 7.34. The number of nitrogens with zero attached hydrogens (tertiary/aromatic N) is 3. The van der Waals surface area contributed by atoms with E-state index in [1.807, 2.05) is 0 Å². The summed E-state index contributed by atoms with van der Waals surface area (Å²) < 4.78 is 1.16. The van der Waals surface area contributed by atoms with Gasteiger partial charge in [-0.3, -0.25) is 4.79 Å². The fourth-order valence-corrected chi connectivity index (χ4v) is 5.07. The number of aryl methyl sites for hydroxylation is 1. The molecule has 1 heterocycles. The van der Waals surface area contributed by atoms with Crippen molar-refractivity contribution in [2.45, 2.75) is 44.9 Å². The molecule has 0 saturated heterocycles. The Balaban J connectivity index is 1.77. The van der Waals surface area contributed by atoms with E-state index >= 15 is 0 Å². The molecule has 4 saturated carbocycles. The van der Waals surface area contributed by atoms with Crippen molar-refractivity contribution in [1.82, 2.24) is 14.9 Å². The van der Waals surface area contributed by atoms with Gasteiger partial charge in [0.25, 0.3) is 5.56 Å². The Morgan fingerprint density at radius 3 is 2.21 bits per heavy atom. The Kier molecular flexibility index (Phi) is 2.29. The van der Waals surface area contributed by atoms with E-state index in [1.165, 1.54) is 32.1 Å². The molecule has 2 N–H and O–H groups in total. The third-order valence-corrected chi connectivity index (χ3v) is 5.63. The Bertz CT molecular complexity index is 551. The van der Waals surface area contributed by atoms with Crippen LogP contribution in [0, 0.1) is 30.6 Å². The lowest BCUT2D eigenvalue weighted by atomic mass is 9.51. The number of hydrogen-bond acceptors (Lipinski definition) is 4. The molecule has 4 aliphatic carbocycles. The van der Waals surface area contributed by atoms with Gasteiger partial charge in [0.05, 0.1) is 0 Å². The first-order valence-corrected chi connectivity index (χ1v) is 7.34. The highest BCUT2D eigenvalue weighted by Crippen LogP contribution is 2.58. The van der Waals surface area contributed by atoms with Crippen LogP contribution in [0.3, 0.4) is 0 Å². The molecule has 5 nitrogen and oxygen atoms in total. The van der Waals surface area contributed by atoms with Crippen molar-refractivity contribution >= 4 is 0 Å². The summed E-state index contributed by atoms with van der Waals surface area (Å²) in [5, 5.41) is 8.28. The molecular weight excluding hydrogens is 240 g/mol. The van der Waals surface area contributed by atoms with Gasteiger partial charge in [-0.25, -0.2) is 4.68 Å². The van der Waals surface area contributed by atoms with Crippen molar-refractivity contribution < 1.29 is 0 Å². The molecule has 5 heteroatoms. The molecule has 0 unspecified atom stereocenters. The maximum absolute atomic E-state index is 12.3. The van der Waals surface area contributed by atoms with Crippen LogP contribution in [0.5, 0.6) is 0 Å². The SMILES string of the molecule is Cc1nnc(C2C3CC4CC(C3)CC2C4)c(=O)n1N. The molecule has 1 aromatic heterocycles. The first kappa shape index (κ1) is 11.4. The molecule has 1 aromatic rings. The second-order valence-electron chi connectivity index (χ2n) is 6.76. The number of nitrogen functional groups attached to an aromatic ring is 1. The molecule has 4 fully saturated rings. The number of nitrogens with two attached hydrogens (primary N) is 1. The summed E-state index contributed by atoms with van der Waals surface area (Å²) in [7, 11) is 0.